The van der Waals surface area contributed by atoms with Crippen molar-refractivity contribution in [1.82, 2.24) is 9.55 Å². The third-order valence-electron chi connectivity index (χ3n) is 3.01. The summed E-state index contributed by atoms with van der Waals surface area (Å²) < 4.78 is 14.5. The minimum atomic E-state index is -0.947. The molecular formula is C13H15BrN2O3S2. The average Bonchev–Trinajstić information content (AvgIpc) is 2.73. The molecule has 1 N–H and O–H groups in total. The lowest BCUT2D eigenvalue weighted by atomic mass is 10.3. The summed E-state index contributed by atoms with van der Waals surface area (Å²) in [6.45, 7) is 2.45. The molecule has 0 aliphatic carbocycles. The highest BCUT2D eigenvalue weighted by Gasteiger charge is 2.16. The fourth-order valence-corrected chi connectivity index (χ4v) is 3.31. The summed E-state index contributed by atoms with van der Waals surface area (Å²) >= 11 is 4.58. The maximum Gasteiger partial charge on any atom is 0.313 e. The molecule has 5 nitrogen and oxygen atoms in total. The number of carboxylic acids is 1. The van der Waals surface area contributed by atoms with Gasteiger partial charge in [0.15, 0.2) is 5.16 Å². The molecule has 2 unspecified atom stereocenters. The summed E-state index contributed by atoms with van der Waals surface area (Å²) in [5, 5.41) is 9.45. The van der Waals surface area contributed by atoms with E-state index in [1.165, 1.54) is 11.8 Å². The molecule has 21 heavy (non-hydrogen) atoms. The second-order valence-corrected chi connectivity index (χ2v) is 8.29. The smallest absolute Gasteiger partial charge is 0.313 e. The first-order chi connectivity index (χ1) is 9.88. The van der Waals surface area contributed by atoms with Crippen molar-refractivity contribution >= 4 is 55.5 Å². The third kappa shape index (κ3) is 4.08. The molecule has 1 heterocycles. The lowest BCUT2D eigenvalue weighted by molar-refractivity contribution is -0.133. The predicted molar refractivity (Wildman–Crippen MR) is 89.3 cm³/mol. The van der Waals surface area contributed by atoms with E-state index in [0.717, 1.165) is 15.5 Å². The summed E-state index contributed by atoms with van der Waals surface area (Å²) in [6.07, 6.45) is 1.67. The van der Waals surface area contributed by atoms with Crippen molar-refractivity contribution in [2.45, 2.75) is 23.9 Å². The zero-order valence-corrected chi connectivity index (χ0v) is 14.8. The molecule has 0 aliphatic heterocycles. The van der Waals surface area contributed by atoms with Gasteiger partial charge in [-0.2, -0.15) is 0 Å². The summed E-state index contributed by atoms with van der Waals surface area (Å²) in [5.41, 5.74) is 1.72. The SMILES string of the molecule is CC(Cn1c(SCC(=O)O)nc2cc(Br)ccc21)S(C)=O. The van der Waals surface area contributed by atoms with Crippen LogP contribution in [0.1, 0.15) is 6.92 Å². The molecule has 1 aromatic carbocycles. The lowest BCUT2D eigenvalue weighted by Crippen LogP contribution is -2.18. The van der Waals surface area contributed by atoms with E-state index in [2.05, 4.69) is 20.9 Å². The van der Waals surface area contributed by atoms with Crippen LogP contribution in [0.5, 0.6) is 0 Å². The third-order valence-corrected chi connectivity index (χ3v) is 5.74. The largest absolute Gasteiger partial charge is 0.481 e. The summed E-state index contributed by atoms with van der Waals surface area (Å²) in [6, 6.07) is 5.74. The Labute approximate surface area is 137 Å². The van der Waals surface area contributed by atoms with Crippen molar-refractivity contribution in [2.24, 2.45) is 0 Å². The Bertz CT molecular complexity index is 702. The first kappa shape index (κ1) is 16.5. The second kappa shape index (κ2) is 6.93. The van der Waals surface area contributed by atoms with Crippen LogP contribution in [0, 0.1) is 0 Å². The van der Waals surface area contributed by atoms with Crippen LogP contribution in [0.25, 0.3) is 11.0 Å². The zero-order valence-electron chi connectivity index (χ0n) is 11.6. The molecule has 0 fully saturated rings. The van der Waals surface area contributed by atoms with E-state index < -0.39 is 16.8 Å². The number of aliphatic carboxylic acids is 1. The van der Waals surface area contributed by atoms with E-state index in [1.54, 1.807) is 6.26 Å². The molecule has 0 saturated heterocycles. The van der Waals surface area contributed by atoms with Gasteiger partial charge < -0.3 is 9.67 Å². The van der Waals surface area contributed by atoms with E-state index in [0.29, 0.717) is 11.7 Å². The van der Waals surface area contributed by atoms with Gasteiger partial charge in [-0.05, 0) is 25.1 Å². The van der Waals surface area contributed by atoms with Crippen molar-refractivity contribution in [2.75, 3.05) is 12.0 Å². The highest BCUT2D eigenvalue weighted by atomic mass is 79.9. The van der Waals surface area contributed by atoms with Crippen molar-refractivity contribution in [1.29, 1.82) is 0 Å². The first-order valence-corrected chi connectivity index (χ1v) is 9.61. The molecule has 2 aromatic rings. The molecule has 114 valence electrons. The van der Waals surface area contributed by atoms with Gasteiger partial charge in [0.1, 0.15) is 0 Å². The number of thioether (sulfide) groups is 1. The molecule has 0 radical (unpaired) electrons. The van der Waals surface area contributed by atoms with Crippen LogP contribution in [0.2, 0.25) is 0 Å². The van der Waals surface area contributed by atoms with Crippen molar-refractivity contribution in [3.63, 3.8) is 0 Å². The molecule has 0 amide bonds. The van der Waals surface area contributed by atoms with E-state index in [4.69, 9.17) is 5.11 Å². The van der Waals surface area contributed by atoms with Crippen LogP contribution < -0.4 is 0 Å². The number of carbonyl (C=O) groups is 1. The zero-order chi connectivity index (χ0) is 15.6. The van der Waals surface area contributed by atoms with Crippen molar-refractivity contribution < 1.29 is 14.1 Å². The fourth-order valence-electron chi connectivity index (χ4n) is 1.86. The Balaban J connectivity index is 2.43. The minimum Gasteiger partial charge on any atom is -0.481 e. The number of nitrogens with zero attached hydrogens (tertiary/aromatic N) is 2. The van der Waals surface area contributed by atoms with E-state index in [9.17, 15) is 9.00 Å². The maximum absolute atomic E-state index is 11.6. The van der Waals surface area contributed by atoms with E-state index >= 15 is 0 Å². The summed E-state index contributed by atoms with van der Waals surface area (Å²) in [5.74, 6) is -0.930. The van der Waals surface area contributed by atoms with Gasteiger partial charge in [-0.1, -0.05) is 27.7 Å². The second-order valence-electron chi connectivity index (χ2n) is 4.63. The topological polar surface area (TPSA) is 72.2 Å². The molecule has 0 spiro atoms. The van der Waals surface area contributed by atoms with Gasteiger partial charge >= 0.3 is 5.97 Å². The number of fused-ring (bicyclic) bond motifs is 1. The van der Waals surface area contributed by atoms with Gasteiger partial charge in [0, 0.05) is 33.3 Å². The molecule has 8 heteroatoms. The monoisotopic (exact) mass is 390 g/mol. The van der Waals surface area contributed by atoms with Crippen molar-refractivity contribution in [3.8, 4) is 0 Å². The number of benzene rings is 1. The molecule has 0 bridgehead atoms. The van der Waals surface area contributed by atoms with Gasteiger partial charge in [-0.25, -0.2) is 4.98 Å². The van der Waals surface area contributed by atoms with Crippen LogP contribution >= 0.6 is 27.7 Å². The van der Waals surface area contributed by atoms with Crippen LogP contribution in [-0.2, 0) is 22.1 Å². The molecular weight excluding hydrogens is 376 g/mol. The molecule has 1 aromatic heterocycles. The Kier molecular flexibility index (Phi) is 5.45. The van der Waals surface area contributed by atoms with Gasteiger partial charge in [0.2, 0.25) is 0 Å². The summed E-state index contributed by atoms with van der Waals surface area (Å²) in [4.78, 5) is 15.3. The number of carboxylic acid groups (broad SMARTS) is 1. The number of hydrogen-bond acceptors (Lipinski definition) is 4. The number of halogens is 1. The number of imidazole rings is 1. The standard InChI is InChI=1S/C13H15BrN2O3S2/c1-8(21(2)19)6-16-11-4-3-9(14)5-10(11)15-13(16)20-7-12(17)18/h3-5,8H,6-7H2,1-2H3,(H,17,18). The number of rotatable bonds is 6. The summed E-state index contributed by atoms with van der Waals surface area (Å²) in [7, 11) is -0.947. The molecule has 2 atom stereocenters. The highest BCUT2D eigenvalue weighted by Crippen LogP contribution is 2.27. The quantitative estimate of drug-likeness (QED) is 0.767. The van der Waals surface area contributed by atoms with E-state index in [-0.39, 0.29) is 11.0 Å². The van der Waals surface area contributed by atoms with Gasteiger partial charge in [0.25, 0.3) is 0 Å². The predicted octanol–water partition coefficient (Wildman–Crippen LogP) is 2.74. The Hall–Kier alpha value is -0.860. The van der Waals surface area contributed by atoms with Crippen LogP contribution in [0.15, 0.2) is 27.8 Å². The Morgan fingerprint density at radius 1 is 1.57 bits per heavy atom. The van der Waals surface area contributed by atoms with Crippen LogP contribution in [-0.4, -0.2) is 42.1 Å². The molecule has 2 rings (SSSR count). The van der Waals surface area contributed by atoms with E-state index in [1.807, 2.05) is 29.7 Å². The molecule has 0 aliphatic rings. The first-order valence-electron chi connectivity index (χ1n) is 6.21. The fraction of sp³-hybridized carbons (Fsp3) is 0.385. The molecule has 0 saturated carbocycles. The van der Waals surface area contributed by atoms with Crippen LogP contribution in [0.3, 0.4) is 0 Å². The number of hydrogen-bond donors (Lipinski definition) is 1. The normalized spacial score (nSPS) is 14.2. The van der Waals surface area contributed by atoms with Crippen molar-refractivity contribution in [3.05, 3.63) is 22.7 Å². The maximum atomic E-state index is 11.6. The Morgan fingerprint density at radius 3 is 2.90 bits per heavy atom. The van der Waals surface area contributed by atoms with Gasteiger partial charge in [-0.3, -0.25) is 9.00 Å². The lowest BCUT2D eigenvalue weighted by Gasteiger charge is -2.12. The van der Waals surface area contributed by atoms with Gasteiger partial charge in [-0.15, -0.1) is 0 Å². The average molecular weight is 391 g/mol. The van der Waals surface area contributed by atoms with Gasteiger partial charge in [0.05, 0.1) is 16.8 Å². The minimum absolute atomic E-state index is 0.0322. The number of aromatic nitrogens is 2. The van der Waals surface area contributed by atoms with Crippen LogP contribution in [0.4, 0.5) is 0 Å². The highest BCUT2D eigenvalue weighted by molar-refractivity contribution is 9.10. The Morgan fingerprint density at radius 2 is 2.29 bits per heavy atom.